The van der Waals surface area contributed by atoms with E-state index in [0.29, 0.717) is 49.8 Å². The molecule has 204 valence electrons. The van der Waals surface area contributed by atoms with E-state index in [4.69, 9.17) is 21.1 Å². The zero-order chi connectivity index (χ0) is 28.6. The number of ether oxygens (including phenoxy) is 2. The van der Waals surface area contributed by atoms with Crippen LogP contribution in [0.5, 0.6) is 11.5 Å². The van der Waals surface area contributed by atoms with E-state index in [9.17, 15) is 14.9 Å². The van der Waals surface area contributed by atoms with Gasteiger partial charge in [-0.1, -0.05) is 71.9 Å². The van der Waals surface area contributed by atoms with E-state index in [1.54, 1.807) is 31.2 Å². The molecule has 2 amide bonds. The Bertz CT molecular complexity index is 1520. The van der Waals surface area contributed by atoms with E-state index in [1.165, 1.54) is 26.0 Å². The SMILES string of the molecule is COc1cc(NC(=O)CSC2=C(C#N)[C@@H](c3ccccc3)C(C(=O)Nc3ccccc3)=C(C)N2)c(OC)cc1Cl. The van der Waals surface area contributed by atoms with Crippen LogP contribution in [0.1, 0.15) is 18.4 Å². The van der Waals surface area contributed by atoms with E-state index in [1.807, 2.05) is 48.5 Å². The number of rotatable bonds is 9. The fraction of sp³-hybridized carbons (Fsp3) is 0.167. The third kappa shape index (κ3) is 6.42. The van der Waals surface area contributed by atoms with Crippen molar-refractivity contribution in [2.75, 3.05) is 30.6 Å². The molecule has 8 nitrogen and oxygen atoms in total. The van der Waals surface area contributed by atoms with E-state index in [2.05, 4.69) is 22.0 Å². The molecule has 0 saturated carbocycles. The van der Waals surface area contributed by atoms with Crippen LogP contribution < -0.4 is 25.4 Å². The van der Waals surface area contributed by atoms with Crippen LogP contribution in [-0.2, 0) is 9.59 Å². The first-order chi connectivity index (χ1) is 19.4. The number of methoxy groups -OCH3 is 2. The highest BCUT2D eigenvalue weighted by atomic mass is 35.5. The summed E-state index contributed by atoms with van der Waals surface area (Å²) in [5.41, 5.74) is 3.20. The molecule has 0 aromatic heterocycles. The topological polar surface area (TPSA) is 112 Å². The summed E-state index contributed by atoms with van der Waals surface area (Å²) in [6.07, 6.45) is 0. The number of para-hydroxylation sites is 1. The molecule has 10 heteroatoms. The molecular weight excluding hydrogens is 548 g/mol. The highest BCUT2D eigenvalue weighted by molar-refractivity contribution is 8.03. The third-order valence-electron chi connectivity index (χ3n) is 6.15. The van der Waals surface area contributed by atoms with Gasteiger partial charge in [0.05, 0.1) is 53.3 Å². The van der Waals surface area contributed by atoms with E-state index in [0.717, 1.165) is 5.56 Å². The molecule has 0 aliphatic carbocycles. The largest absolute Gasteiger partial charge is 0.495 e. The smallest absolute Gasteiger partial charge is 0.254 e. The lowest BCUT2D eigenvalue weighted by atomic mass is 9.82. The number of dihydropyridines is 1. The Balaban J connectivity index is 1.60. The van der Waals surface area contributed by atoms with Crippen LogP contribution in [0, 0.1) is 11.3 Å². The number of allylic oxidation sites excluding steroid dienone is 2. The van der Waals surface area contributed by atoms with E-state index in [-0.39, 0.29) is 17.6 Å². The lowest BCUT2D eigenvalue weighted by Gasteiger charge is -2.30. The summed E-state index contributed by atoms with van der Waals surface area (Å²) in [5.74, 6) is -0.506. The molecule has 3 aromatic rings. The number of halogens is 1. The second-order valence-electron chi connectivity index (χ2n) is 8.71. The maximum Gasteiger partial charge on any atom is 0.254 e. The van der Waals surface area contributed by atoms with Gasteiger partial charge in [-0.05, 0) is 24.6 Å². The van der Waals surface area contributed by atoms with Crippen molar-refractivity contribution >= 4 is 46.6 Å². The fourth-order valence-corrected chi connectivity index (χ4v) is 5.43. The molecule has 0 unspecified atom stereocenters. The van der Waals surface area contributed by atoms with Gasteiger partial charge in [-0.15, -0.1) is 0 Å². The third-order valence-corrected chi connectivity index (χ3v) is 7.46. The quantitative estimate of drug-likeness (QED) is 0.284. The first-order valence-electron chi connectivity index (χ1n) is 12.2. The number of amides is 2. The average molecular weight is 575 g/mol. The molecule has 0 saturated heterocycles. The highest BCUT2D eigenvalue weighted by Crippen LogP contribution is 2.41. The Kier molecular flexibility index (Phi) is 9.38. The summed E-state index contributed by atoms with van der Waals surface area (Å²) in [6.45, 7) is 1.79. The lowest BCUT2D eigenvalue weighted by Crippen LogP contribution is -2.31. The number of nitriles is 1. The molecule has 1 aliphatic heterocycles. The summed E-state index contributed by atoms with van der Waals surface area (Å²) < 4.78 is 10.6. The van der Waals surface area contributed by atoms with Crippen molar-refractivity contribution in [2.24, 2.45) is 0 Å². The van der Waals surface area contributed by atoms with Crippen molar-refractivity contribution in [3.63, 3.8) is 0 Å². The van der Waals surface area contributed by atoms with Crippen molar-refractivity contribution < 1.29 is 19.1 Å². The number of nitrogens with zero attached hydrogens (tertiary/aromatic N) is 1. The minimum atomic E-state index is -0.623. The van der Waals surface area contributed by atoms with Crippen molar-refractivity contribution in [3.8, 4) is 17.6 Å². The zero-order valence-corrected chi connectivity index (χ0v) is 23.7. The fourth-order valence-electron chi connectivity index (χ4n) is 4.31. The van der Waals surface area contributed by atoms with Crippen molar-refractivity contribution in [1.29, 1.82) is 5.26 Å². The molecule has 0 radical (unpaired) electrons. The number of carbonyl (C=O) groups is 2. The predicted octanol–water partition coefficient (Wildman–Crippen LogP) is 6.06. The molecule has 1 heterocycles. The van der Waals surface area contributed by atoms with Gasteiger partial charge in [0.1, 0.15) is 11.5 Å². The molecular formula is C30H27ClN4O4S. The number of hydrogen-bond donors (Lipinski definition) is 3. The summed E-state index contributed by atoms with van der Waals surface area (Å²) in [4.78, 5) is 26.4. The van der Waals surface area contributed by atoms with Gasteiger partial charge in [0, 0.05) is 29.1 Å². The van der Waals surface area contributed by atoms with Crippen LogP contribution in [0.15, 0.2) is 94.7 Å². The maximum atomic E-state index is 13.5. The van der Waals surface area contributed by atoms with Gasteiger partial charge in [-0.25, -0.2) is 0 Å². The molecule has 0 spiro atoms. The Morgan fingerprint density at radius 3 is 2.27 bits per heavy atom. The number of nitrogens with one attached hydrogen (secondary N) is 3. The second kappa shape index (κ2) is 13.1. The van der Waals surface area contributed by atoms with Gasteiger partial charge < -0.3 is 25.4 Å². The Hall–Kier alpha value is -4.39. The molecule has 3 aromatic carbocycles. The minimum Gasteiger partial charge on any atom is -0.495 e. The van der Waals surface area contributed by atoms with Gasteiger partial charge in [0.2, 0.25) is 5.91 Å². The van der Waals surface area contributed by atoms with Crippen LogP contribution in [0.25, 0.3) is 0 Å². The standard InChI is InChI=1S/C30H27ClN4O4S/c1-18-27(29(37)34-20-12-8-5-9-13-20)28(19-10-6-4-7-11-19)21(16-32)30(33-18)40-17-26(36)35-23-15-24(38-2)22(31)14-25(23)39-3/h4-15,28,33H,17H2,1-3H3,(H,34,37)(H,35,36)/t28-/m1/s1. The second-order valence-corrected chi connectivity index (χ2v) is 10.1. The van der Waals surface area contributed by atoms with Crippen LogP contribution in [0.2, 0.25) is 5.02 Å². The summed E-state index contributed by atoms with van der Waals surface area (Å²) >= 11 is 7.34. The minimum absolute atomic E-state index is 0.0120. The summed E-state index contributed by atoms with van der Waals surface area (Å²) in [5, 5.41) is 20.1. The van der Waals surface area contributed by atoms with Gasteiger partial charge >= 0.3 is 0 Å². The molecule has 40 heavy (non-hydrogen) atoms. The molecule has 1 aliphatic rings. The van der Waals surface area contributed by atoms with Gasteiger partial charge in [0.25, 0.3) is 5.91 Å². The van der Waals surface area contributed by atoms with Crippen LogP contribution in [0.4, 0.5) is 11.4 Å². The Labute approximate surface area is 242 Å². The van der Waals surface area contributed by atoms with Gasteiger partial charge in [-0.2, -0.15) is 5.26 Å². The zero-order valence-electron chi connectivity index (χ0n) is 22.1. The highest BCUT2D eigenvalue weighted by Gasteiger charge is 2.34. The molecule has 1 atom stereocenters. The summed E-state index contributed by atoms with van der Waals surface area (Å²) in [6, 6.07) is 23.9. The van der Waals surface area contributed by atoms with E-state index >= 15 is 0 Å². The predicted molar refractivity (Wildman–Crippen MR) is 158 cm³/mol. The summed E-state index contributed by atoms with van der Waals surface area (Å²) in [7, 11) is 2.95. The number of thioether (sulfide) groups is 1. The number of carbonyl (C=O) groups excluding carboxylic acids is 2. The molecule has 4 rings (SSSR count). The molecule has 0 bridgehead atoms. The first-order valence-corrected chi connectivity index (χ1v) is 13.6. The van der Waals surface area contributed by atoms with Crippen LogP contribution in [-0.4, -0.2) is 31.8 Å². The Morgan fingerprint density at radius 1 is 1.00 bits per heavy atom. The first kappa shape index (κ1) is 28.6. The normalized spacial score (nSPS) is 14.6. The lowest BCUT2D eigenvalue weighted by molar-refractivity contribution is -0.114. The maximum absolute atomic E-state index is 13.5. The van der Waals surface area contributed by atoms with E-state index < -0.39 is 5.92 Å². The van der Waals surface area contributed by atoms with Gasteiger partial charge in [0.15, 0.2) is 0 Å². The number of benzene rings is 3. The number of hydrogen-bond acceptors (Lipinski definition) is 7. The van der Waals surface area contributed by atoms with Crippen molar-refractivity contribution in [2.45, 2.75) is 12.8 Å². The monoisotopic (exact) mass is 574 g/mol. The van der Waals surface area contributed by atoms with Crippen LogP contribution in [0.3, 0.4) is 0 Å². The Morgan fingerprint density at radius 2 is 1.65 bits per heavy atom. The van der Waals surface area contributed by atoms with Crippen molar-refractivity contribution in [1.82, 2.24) is 5.32 Å². The molecule has 0 fully saturated rings. The van der Waals surface area contributed by atoms with Crippen molar-refractivity contribution in [3.05, 3.63) is 105 Å². The number of anilines is 2. The van der Waals surface area contributed by atoms with Crippen LogP contribution >= 0.6 is 23.4 Å². The molecule has 3 N–H and O–H groups in total. The average Bonchev–Trinajstić information content (AvgIpc) is 2.97. The van der Waals surface area contributed by atoms with Gasteiger partial charge in [-0.3, -0.25) is 9.59 Å².